The number of nitrogens with one attached hydrogen (secondary N) is 1. The third kappa shape index (κ3) is 4.40. The molecule has 98 valence electrons. The summed E-state index contributed by atoms with van der Waals surface area (Å²) in [6, 6.07) is 0. The summed E-state index contributed by atoms with van der Waals surface area (Å²) in [7, 11) is -1.72. The van der Waals surface area contributed by atoms with Crippen LogP contribution in [-0.2, 0) is 17.1 Å². The van der Waals surface area contributed by atoms with Crippen LogP contribution in [0.3, 0.4) is 0 Å². The second-order valence-corrected chi connectivity index (χ2v) is 6.49. The van der Waals surface area contributed by atoms with Gasteiger partial charge in [0, 0.05) is 25.1 Å². The Morgan fingerprint density at radius 2 is 2.29 bits per heavy atom. The average Bonchev–Trinajstić information content (AvgIpc) is 2.72. The van der Waals surface area contributed by atoms with Crippen LogP contribution in [0.2, 0.25) is 0 Å². The fraction of sp³-hybridized carbons (Fsp3) is 0.700. The standard InChI is InChI=1S/C10H18BrN3O2S/c1-3-9(4-5-11)6-13-17(15,16)10-7-14(2)8-12-10/h7-9,13H,3-6H2,1-2H3. The summed E-state index contributed by atoms with van der Waals surface area (Å²) in [5.74, 6) is 0.355. The molecule has 0 fully saturated rings. The fourth-order valence-electron chi connectivity index (χ4n) is 1.43. The lowest BCUT2D eigenvalue weighted by Gasteiger charge is -2.13. The predicted molar refractivity (Wildman–Crippen MR) is 70.6 cm³/mol. The zero-order valence-corrected chi connectivity index (χ0v) is 12.5. The van der Waals surface area contributed by atoms with E-state index in [-0.39, 0.29) is 5.03 Å². The molecule has 1 aromatic rings. The molecule has 0 aromatic carbocycles. The molecule has 0 aliphatic rings. The highest BCUT2D eigenvalue weighted by Crippen LogP contribution is 2.11. The first kappa shape index (κ1) is 14.7. The van der Waals surface area contributed by atoms with Crippen molar-refractivity contribution < 1.29 is 8.42 Å². The van der Waals surface area contributed by atoms with E-state index in [9.17, 15) is 8.42 Å². The zero-order chi connectivity index (χ0) is 12.9. The van der Waals surface area contributed by atoms with Crippen LogP contribution in [0, 0.1) is 5.92 Å². The first-order valence-corrected chi connectivity index (χ1v) is 8.13. The van der Waals surface area contributed by atoms with Crippen molar-refractivity contribution in [3.63, 3.8) is 0 Å². The lowest BCUT2D eigenvalue weighted by atomic mass is 10.0. The molecule has 0 radical (unpaired) electrons. The number of sulfonamides is 1. The Bertz CT molecular complexity index is 444. The molecule has 17 heavy (non-hydrogen) atoms. The number of imidazole rings is 1. The first-order chi connectivity index (χ1) is 7.99. The van der Waals surface area contributed by atoms with E-state index in [1.807, 2.05) is 0 Å². The highest BCUT2D eigenvalue weighted by molar-refractivity contribution is 9.09. The van der Waals surface area contributed by atoms with E-state index in [2.05, 4.69) is 32.6 Å². The van der Waals surface area contributed by atoms with Crippen molar-refractivity contribution in [3.05, 3.63) is 12.5 Å². The van der Waals surface area contributed by atoms with Crippen molar-refractivity contribution in [1.29, 1.82) is 0 Å². The minimum atomic E-state index is -3.46. The molecular weight excluding hydrogens is 306 g/mol. The molecule has 1 unspecified atom stereocenters. The van der Waals surface area contributed by atoms with Gasteiger partial charge in [-0.2, -0.15) is 0 Å². The van der Waals surface area contributed by atoms with Crippen LogP contribution in [0.5, 0.6) is 0 Å². The van der Waals surface area contributed by atoms with Crippen molar-refractivity contribution in [2.45, 2.75) is 24.8 Å². The molecule has 7 heteroatoms. The Hall–Kier alpha value is -0.400. The number of hydrogen-bond donors (Lipinski definition) is 1. The van der Waals surface area contributed by atoms with Gasteiger partial charge in [0.15, 0.2) is 5.03 Å². The molecule has 1 N–H and O–H groups in total. The number of aromatic nitrogens is 2. The topological polar surface area (TPSA) is 64.0 Å². The van der Waals surface area contributed by atoms with E-state index in [0.717, 1.165) is 18.2 Å². The molecule has 1 rings (SSSR count). The number of nitrogens with zero attached hydrogens (tertiary/aromatic N) is 2. The number of aryl methyl sites for hydroxylation is 1. The zero-order valence-electron chi connectivity index (χ0n) is 10.1. The van der Waals surface area contributed by atoms with Gasteiger partial charge in [0.1, 0.15) is 0 Å². The average molecular weight is 324 g/mol. The summed E-state index contributed by atoms with van der Waals surface area (Å²) in [6.07, 6.45) is 4.88. The molecule has 0 bridgehead atoms. The number of alkyl halides is 1. The van der Waals surface area contributed by atoms with Gasteiger partial charge < -0.3 is 4.57 Å². The molecule has 0 amide bonds. The van der Waals surface area contributed by atoms with E-state index >= 15 is 0 Å². The van der Waals surface area contributed by atoms with Gasteiger partial charge in [0.2, 0.25) is 0 Å². The molecule has 5 nitrogen and oxygen atoms in total. The fourth-order valence-corrected chi connectivity index (χ4v) is 3.18. The SMILES string of the molecule is CCC(CCBr)CNS(=O)(=O)c1cn(C)cn1. The van der Waals surface area contributed by atoms with E-state index in [0.29, 0.717) is 12.5 Å². The van der Waals surface area contributed by atoms with E-state index < -0.39 is 10.0 Å². The van der Waals surface area contributed by atoms with Crippen LogP contribution in [0.1, 0.15) is 19.8 Å². The van der Waals surface area contributed by atoms with Gasteiger partial charge >= 0.3 is 0 Å². The molecule has 0 saturated heterocycles. The van der Waals surface area contributed by atoms with Crippen LogP contribution < -0.4 is 4.72 Å². The monoisotopic (exact) mass is 323 g/mol. The third-order valence-corrected chi connectivity index (χ3v) is 4.38. The molecule has 1 aromatic heterocycles. The molecule has 0 spiro atoms. The van der Waals surface area contributed by atoms with Crippen LogP contribution >= 0.6 is 15.9 Å². The summed E-state index contributed by atoms with van der Waals surface area (Å²) < 4.78 is 28.0. The predicted octanol–water partition coefficient (Wildman–Crippen LogP) is 1.51. The Kier molecular flexibility index (Phi) is 5.61. The van der Waals surface area contributed by atoms with Crippen molar-refractivity contribution in [2.24, 2.45) is 13.0 Å². The summed E-state index contributed by atoms with van der Waals surface area (Å²) in [4.78, 5) is 3.84. The van der Waals surface area contributed by atoms with Gasteiger partial charge in [-0.25, -0.2) is 18.1 Å². The van der Waals surface area contributed by atoms with Crippen molar-refractivity contribution in [2.75, 3.05) is 11.9 Å². The molecular formula is C10H18BrN3O2S. The van der Waals surface area contributed by atoms with E-state index in [1.54, 1.807) is 11.6 Å². The molecule has 0 aliphatic carbocycles. The lowest BCUT2D eigenvalue weighted by Crippen LogP contribution is -2.29. The summed E-state index contributed by atoms with van der Waals surface area (Å²) >= 11 is 3.37. The normalized spacial score (nSPS) is 13.8. The Labute approximate surface area is 111 Å². The summed E-state index contributed by atoms with van der Waals surface area (Å²) in [6.45, 7) is 2.52. The van der Waals surface area contributed by atoms with Crippen molar-refractivity contribution in [3.8, 4) is 0 Å². The molecule has 0 saturated carbocycles. The Morgan fingerprint density at radius 1 is 1.59 bits per heavy atom. The van der Waals surface area contributed by atoms with Crippen LogP contribution in [0.15, 0.2) is 17.6 Å². The lowest BCUT2D eigenvalue weighted by molar-refractivity contribution is 0.482. The van der Waals surface area contributed by atoms with Gasteiger partial charge in [0.25, 0.3) is 10.0 Å². The molecule has 1 atom stereocenters. The minimum absolute atomic E-state index is 0.0775. The van der Waals surface area contributed by atoms with Gasteiger partial charge in [-0.3, -0.25) is 0 Å². The number of halogens is 1. The quantitative estimate of drug-likeness (QED) is 0.773. The summed E-state index contributed by atoms with van der Waals surface area (Å²) in [5, 5.41) is 0.963. The Morgan fingerprint density at radius 3 is 2.76 bits per heavy atom. The van der Waals surface area contributed by atoms with E-state index in [4.69, 9.17) is 0 Å². The van der Waals surface area contributed by atoms with Gasteiger partial charge in [0.05, 0.1) is 6.33 Å². The maximum atomic E-state index is 11.9. The Balaban J connectivity index is 2.61. The third-order valence-electron chi connectivity index (χ3n) is 2.61. The van der Waals surface area contributed by atoms with E-state index in [1.165, 1.54) is 12.5 Å². The maximum Gasteiger partial charge on any atom is 0.259 e. The first-order valence-electron chi connectivity index (χ1n) is 5.53. The van der Waals surface area contributed by atoms with Crippen LogP contribution in [-0.4, -0.2) is 29.8 Å². The number of rotatable bonds is 7. The smallest absolute Gasteiger partial charge is 0.259 e. The summed E-state index contributed by atoms with van der Waals surface area (Å²) in [5.41, 5.74) is 0. The van der Waals surface area contributed by atoms with Crippen LogP contribution in [0.25, 0.3) is 0 Å². The maximum absolute atomic E-state index is 11.9. The highest BCUT2D eigenvalue weighted by Gasteiger charge is 2.18. The van der Waals surface area contributed by atoms with Gasteiger partial charge in [-0.1, -0.05) is 29.3 Å². The largest absolute Gasteiger partial charge is 0.339 e. The van der Waals surface area contributed by atoms with Gasteiger partial charge in [-0.05, 0) is 12.3 Å². The number of hydrogen-bond acceptors (Lipinski definition) is 3. The minimum Gasteiger partial charge on any atom is -0.339 e. The second-order valence-electron chi connectivity index (χ2n) is 3.98. The molecule has 0 aliphatic heterocycles. The molecule has 1 heterocycles. The second kappa shape index (κ2) is 6.51. The van der Waals surface area contributed by atoms with Gasteiger partial charge in [-0.15, -0.1) is 0 Å². The van der Waals surface area contributed by atoms with Crippen LogP contribution in [0.4, 0.5) is 0 Å². The van der Waals surface area contributed by atoms with Crippen molar-refractivity contribution >= 4 is 26.0 Å². The van der Waals surface area contributed by atoms with Crippen molar-refractivity contribution in [1.82, 2.24) is 14.3 Å². The highest BCUT2D eigenvalue weighted by atomic mass is 79.9.